The zero-order valence-electron chi connectivity index (χ0n) is 12.7. The summed E-state index contributed by atoms with van der Waals surface area (Å²) < 4.78 is 45.0. The smallest absolute Gasteiger partial charge is 0.416 e. The van der Waals surface area contributed by atoms with Crippen molar-refractivity contribution in [1.82, 2.24) is 9.99 Å². The minimum absolute atomic E-state index is 0.102. The maximum atomic E-state index is 12.8. The Morgan fingerprint density at radius 3 is 2.72 bits per heavy atom. The van der Waals surface area contributed by atoms with E-state index in [9.17, 15) is 18.0 Å². The average molecular weight is 347 g/mol. The maximum Gasteiger partial charge on any atom is 0.416 e. The van der Waals surface area contributed by atoms with Gasteiger partial charge >= 0.3 is 12.1 Å². The number of benzene rings is 1. The van der Waals surface area contributed by atoms with Gasteiger partial charge in [-0.15, -0.1) is 0 Å². The molecule has 3 rings (SSSR count). The normalized spacial score (nSPS) is 11.8. The number of carbonyl (C=O) groups excluding carboxylic acids is 1. The summed E-state index contributed by atoms with van der Waals surface area (Å²) in [5.74, 6) is -0.427. The number of furan rings is 1. The van der Waals surface area contributed by atoms with Crippen molar-refractivity contribution in [3.05, 3.63) is 78.0 Å². The lowest BCUT2D eigenvalue weighted by Gasteiger charge is -2.10. The molecule has 8 heteroatoms. The molecule has 0 aliphatic carbocycles. The number of hydrazone groups is 1. The average Bonchev–Trinajstić information content (AvgIpc) is 3.26. The van der Waals surface area contributed by atoms with Gasteiger partial charge < -0.3 is 8.98 Å². The number of rotatable bonds is 4. The van der Waals surface area contributed by atoms with Crippen LogP contribution in [0.25, 0.3) is 5.69 Å². The largest absolute Gasteiger partial charge is 0.459 e. The van der Waals surface area contributed by atoms with Crippen molar-refractivity contribution in [2.75, 3.05) is 0 Å². The summed E-state index contributed by atoms with van der Waals surface area (Å²) in [6.07, 6.45) is -0.127. The molecule has 1 amide bonds. The zero-order chi connectivity index (χ0) is 17.9. The third-order valence-corrected chi connectivity index (χ3v) is 3.34. The van der Waals surface area contributed by atoms with E-state index in [1.165, 1.54) is 29.2 Å². The number of hydrogen-bond acceptors (Lipinski definition) is 3. The Bertz CT molecular complexity index is 896. The highest BCUT2D eigenvalue weighted by Crippen LogP contribution is 2.30. The van der Waals surface area contributed by atoms with E-state index < -0.39 is 17.6 Å². The van der Waals surface area contributed by atoms with E-state index in [4.69, 9.17) is 4.42 Å². The molecule has 5 nitrogen and oxygen atoms in total. The van der Waals surface area contributed by atoms with E-state index in [1.54, 1.807) is 30.5 Å². The Balaban J connectivity index is 1.79. The summed E-state index contributed by atoms with van der Waals surface area (Å²) in [5.41, 5.74) is 2.37. The molecule has 0 saturated carbocycles. The van der Waals surface area contributed by atoms with Gasteiger partial charge in [-0.3, -0.25) is 4.79 Å². The summed E-state index contributed by atoms with van der Waals surface area (Å²) in [7, 11) is 0. The van der Waals surface area contributed by atoms with Crippen molar-refractivity contribution in [2.45, 2.75) is 6.18 Å². The summed E-state index contributed by atoms with van der Waals surface area (Å²) in [6, 6.07) is 11.3. The number of alkyl halides is 3. The number of halogens is 3. The van der Waals surface area contributed by atoms with Gasteiger partial charge in [0.1, 0.15) is 0 Å². The molecule has 1 N–H and O–H groups in total. The first-order valence-electron chi connectivity index (χ1n) is 7.17. The van der Waals surface area contributed by atoms with Crippen molar-refractivity contribution in [3.63, 3.8) is 0 Å². The molecule has 0 saturated heterocycles. The van der Waals surface area contributed by atoms with Gasteiger partial charge in [0.05, 0.1) is 23.7 Å². The quantitative estimate of drug-likeness (QED) is 0.576. The fraction of sp³-hybridized carbons (Fsp3) is 0.0588. The van der Waals surface area contributed by atoms with Gasteiger partial charge in [0.15, 0.2) is 5.76 Å². The number of carbonyl (C=O) groups is 1. The minimum Gasteiger partial charge on any atom is -0.459 e. The molecule has 0 spiro atoms. The molecule has 0 unspecified atom stereocenters. The standard InChI is InChI=1S/C17H12F3N3O2/c18-17(19,20)12-4-1-5-13(10-12)23-8-2-6-14(23)11-21-22-16(24)15-7-3-9-25-15/h1-11H,(H,22,24)/b21-11+. The number of hydrogen-bond donors (Lipinski definition) is 1. The highest BCUT2D eigenvalue weighted by Gasteiger charge is 2.30. The first-order chi connectivity index (χ1) is 11.9. The van der Waals surface area contributed by atoms with Crippen LogP contribution in [-0.4, -0.2) is 16.7 Å². The predicted octanol–water partition coefficient (Wildman–Crippen LogP) is 3.85. The van der Waals surface area contributed by atoms with Crippen LogP contribution < -0.4 is 5.43 Å². The molecule has 2 aromatic heterocycles. The van der Waals surface area contributed by atoms with E-state index in [1.807, 2.05) is 0 Å². The van der Waals surface area contributed by atoms with Crippen LogP contribution >= 0.6 is 0 Å². The lowest BCUT2D eigenvalue weighted by atomic mass is 10.2. The second kappa shape index (κ2) is 6.68. The summed E-state index contributed by atoms with van der Waals surface area (Å²) in [6.45, 7) is 0. The van der Waals surface area contributed by atoms with Crippen LogP contribution in [-0.2, 0) is 6.18 Å². The Kier molecular flexibility index (Phi) is 4.42. The Morgan fingerprint density at radius 2 is 2.00 bits per heavy atom. The first kappa shape index (κ1) is 16.6. The summed E-state index contributed by atoms with van der Waals surface area (Å²) in [5, 5.41) is 3.80. The van der Waals surface area contributed by atoms with E-state index >= 15 is 0 Å². The lowest BCUT2D eigenvalue weighted by Crippen LogP contribution is -2.17. The van der Waals surface area contributed by atoms with E-state index in [2.05, 4.69) is 10.5 Å². The third kappa shape index (κ3) is 3.79. The van der Waals surface area contributed by atoms with Crippen LogP contribution in [0.4, 0.5) is 13.2 Å². The molecule has 25 heavy (non-hydrogen) atoms. The predicted molar refractivity (Wildman–Crippen MR) is 84.5 cm³/mol. The number of nitrogens with one attached hydrogen (secondary N) is 1. The van der Waals surface area contributed by atoms with Gasteiger partial charge in [-0.25, -0.2) is 5.43 Å². The summed E-state index contributed by atoms with van der Waals surface area (Å²) >= 11 is 0. The van der Waals surface area contributed by atoms with Crippen molar-refractivity contribution >= 4 is 12.1 Å². The van der Waals surface area contributed by atoms with Crippen LogP contribution in [0.2, 0.25) is 0 Å². The molecule has 0 aliphatic heterocycles. The number of amides is 1. The van der Waals surface area contributed by atoms with Crippen LogP contribution in [0.5, 0.6) is 0 Å². The Labute approximate surface area is 140 Å². The van der Waals surface area contributed by atoms with Gasteiger partial charge in [-0.1, -0.05) is 6.07 Å². The topological polar surface area (TPSA) is 59.5 Å². The van der Waals surface area contributed by atoms with Crippen LogP contribution in [0.3, 0.4) is 0 Å². The van der Waals surface area contributed by atoms with Crippen molar-refractivity contribution in [1.29, 1.82) is 0 Å². The van der Waals surface area contributed by atoms with Gasteiger partial charge in [-0.05, 0) is 42.5 Å². The second-order valence-corrected chi connectivity index (χ2v) is 5.03. The van der Waals surface area contributed by atoms with Gasteiger partial charge in [0, 0.05) is 11.9 Å². The second-order valence-electron chi connectivity index (χ2n) is 5.03. The summed E-state index contributed by atoms with van der Waals surface area (Å²) in [4.78, 5) is 11.7. The van der Waals surface area contributed by atoms with E-state index in [0.29, 0.717) is 11.4 Å². The van der Waals surface area contributed by atoms with Crippen LogP contribution in [0.1, 0.15) is 21.8 Å². The van der Waals surface area contributed by atoms with Crippen molar-refractivity contribution in [2.24, 2.45) is 5.10 Å². The first-order valence-corrected chi connectivity index (χ1v) is 7.17. The third-order valence-electron chi connectivity index (χ3n) is 3.34. The number of aromatic nitrogens is 1. The fourth-order valence-corrected chi connectivity index (χ4v) is 2.19. The van der Waals surface area contributed by atoms with Gasteiger partial charge in [0.2, 0.25) is 0 Å². The van der Waals surface area contributed by atoms with Crippen LogP contribution in [0.15, 0.2) is 70.5 Å². The molecule has 0 radical (unpaired) electrons. The highest BCUT2D eigenvalue weighted by atomic mass is 19.4. The molecule has 0 bridgehead atoms. The van der Waals surface area contributed by atoms with Crippen molar-refractivity contribution in [3.8, 4) is 5.69 Å². The fourth-order valence-electron chi connectivity index (χ4n) is 2.19. The van der Waals surface area contributed by atoms with Crippen molar-refractivity contribution < 1.29 is 22.4 Å². The van der Waals surface area contributed by atoms with E-state index in [-0.39, 0.29) is 5.76 Å². The van der Waals surface area contributed by atoms with Crippen LogP contribution in [0, 0.1) is 0 Å². The lowest BCUT2D eigenvalue weighted by molar-refractivity contribution is -0.137. The molecule has 0 atom stereocenters. The molecule has 2 heterocycles. The Morgan fingerprint density at radius 1 is 1.16 bits per heavy atom. The molecular formula is C17H12F3N3O2. The zero-order valence-corrected chi connectivity index (χ0v) is 12.7. The monoisotopic (exact) mass is 347 g/mol. The molecule has 0 aliphatic rings. The SMILES string of the molecule is O=C(N/N=C/c1cccn1-c1cccc(C(F)(F)F)c1)c1ccco1. The van der Waals surface area contributed by atoms with E-state index in [0.717, 1.165) is 12.1 Å². The molecule has 1 aromatic carbocycles. The highest BCUT2D eigenvalue weighted by molar-refractivity contribution is 5.92. The molecule has 3 aromatic rings. The van der Waals surface area contributed by atoms with Gasteiger partial charge in [0.25, 0.3) is 0 Å². The maximum absolute atomic E-state index is 12.8. The Hall–Kier alpha value is -3.29. The molecule has 128 valence electrons. The van der Waals surface area contributed by atoms with Gasteiger partial charge in [-0.2, -0.15) is 18.3 Å². The molecular weight excluding hydrogens is 335 g/mol. The minimum atomic E-state index is -4.42. The molecule has 0 fully saturated rings. The number of nitrogens with zero attached hydrogens (tertiary/aromatic N) is 2.